The van der Waals surface area contributed by atoms with E-state index < -0.39 is 11.6 Å². The number of carbonyl (C=O) groups excluding carboxylic acids is 1. The molecule has 0 spiro atoms. The van der Waals surface area contributed by atoms with Crippen molar-refractivity contribution < 1.29 is 19.4 Å². The Morgan fingerprint density at radius 1 is 0.957 bits per heavy atom. The van der Waals surface area contributed by atoms with Gasteiger partial charge in [0.05, 0.1) is 10.0 Å². The van der Waals surface area contributed by atoms with E-state index in [1.807, 2.05) is 0 Å². The van der Waals surface area contributed by atoms with E-state index in [0.717, 1.165) is 0 Å². The van der Waals surface area contributed by atoms with E-state index in [1.54, 1.807) is 36.4 Å². The fraction of sp³-hybridized carbons (Fsp3) is 0.176. The third-order valence-corrected chi connectivity index (χ3v) is 3.93. The van der Waals surface area contributed by atoms with Crippen LogP contribution in [0, 0.1) is 0 Å². The summed E-state index contributed by atoms with van der Waals surface area (Å²) in [6.07, 6.45) is 0. The zero-order chi connectivity index (χ0) is 17.2. The van der Waals surface area contributed by atoms with Crippen LogP contribution in [0.1, 0.15) is 29.8 Å². The number of aliphatic carboxylic acids is 1. The summed E-state index contributed by atoms with van der Waals surface area (Å²) >= 11 is 11.7. The molecule has 0 amide bonds. The first-order valence-corrected chi connectivity index (χ1v) is 7.48. The number of rotatable bonds is 5. The predicted molar refractivity (Wildman–Crippen MR) is 88.7 cm³/mol. The molecule has 0 saturated carbocycles. The van der Waals surface area contributed by atoms with E-state index in [-0.39, 0.29) is 5.78 Å². The van der Waals surface area contributed by atoms with Crippen LogP contribution in [0.15, 0.2) is 42.5 Å². The van der Waals surface area contributed by atoms with Gasteiger partial charge in [0.1, 0.15) is 5.75 Å². The molecule has 0 aliphatic carbocycles. The highest BCUT2D eigenvalue weighted by Crippen LogP contribution is 2.25. The minimum Gasteiger partial charge on any atom is -0.478 e. The SMILES string of the molecule is CC(C)(Oc1ccc(C(=O)c2ccc(Cl)c(Cl)c2)cc1)C(=O)O. The number of carboxylic acid groups (broad SMARTS) is 1. The molecule has 23 heavy (non-hydrogen) atoms. The summed E-state index contributed by atoms with van der Waals surface area (Å²) in [4.78, 5) is 23.4. The lowest BCUT2D eigenvalue weighted by molar-refractivity contribution is -0.152. The molecule has 0 fully saturated rings. The van der Waals surface area contributed by atoms with Gasteiger partial charge in [-0.05, 0) is 56.3 Å². The zero-order valence-corrected chi connectivity index (χ0v) is 14.0. The number of hydrogen-bond donors (Lipinski definition) is 1. The van der Waals surface area contributed by atoms with Crippen molar-refractivity contribution in [1.82, 2.24) is 0 Å². The molecule has 0 aromatic heterocycles. The Kier molecular flexibility index (Phi) is 4.97. The molecule has 0 atom stereocenters. The zero-order valence-electron chi connectivity index (χ0n) is 12.5. The second-order valence-corrected chi connectivity index (χ2v) is 6.21. The highest BCUT2D eigenvalue weighted by Gasteiger charge is 2.29. The molecular weight excluding hydrogens is 339 g/mol. The summed E-state index contributed by atoms with van der Waals surface area (Å²) in [5, 5.41) is 9.72. The van der Waals surface area contributed by atoms with Crippen LogP contribution in [0.25, 0.3) is 0 Å². The first-order chi connectivity index (χ1) is 10.7. The van der Waals surface area contributed by atoms with Crippen LogP contribution in [-0.4, -0.2) is 22.5 Å². The van der Waals surface area contributed by atoms with Gasteiger partial charge in [0.15, 0.2) is 11.4 Å². The first kappa shape index (κ1) is 17.3. The minimum atomic E-state index is -1.35. The van der Waals surface area contributed by atoms with Crippen molar-refractivity contribution in [3.05, 3.63) is 63.6 Å². The summed E-state index contributed by atoms with van der Waals surface area (Å²) in [6, 6.07) is 10.9. The molecule has 0 unspecified atom stereocenters. The molecule has 6 heteroatoms. The normalized spacial score (nSPS) is 11.1. The van der Waals surface area contributed by atoms with Crippen molar-refractivity contribution in [3.63, 3.8) is 0 Å². The van der Waals surface area contributed by atoms with E-state index in [1.165, 1.54) is 19.9 Å². The Balaban J connectivity index is 2.20. The van der Waals surface area contributed by atoms with Crippen LogP contribution in [0.3, 0.4) is 0 Å². The number of ketones is 1. The highest BCUT2D eigenvalue weighted by atomic mass is 35.5. The van der Waals surface area contributed by atoms with Crippen molar-refractivity contribution in [2.75, 3.05) is 0 Å². The van der Waals surface area contributed by atoms with Crippen molar-refractivity contribution in [2.24, 2.45) is 0 Å². The highest BCUT2D eigenvalue weighted by molar-refractivity contribution is 6.42. The van der Waals surface area contributed by atoms with Crippen LogP contribution in [0.5, 0.6) is 5.75 Å². The van der Waals surface area contributed by atoms with Crippen LogP contribution >= 0.6 is 23.2 Å². The van der Waals surface area contributed by atoms with Gasteiger partial charge in [0.2, 0.25) is 0 Å². The van der Waals surface area contributed by atoms with Gasteiger partial charge < -0.3 is 9.84 Å². The second-order valence-electron chi connectivity index (χ2n) is 5.40. The Hall–Kier alpha value is -2.04. The van der Waals surface area contributed by atoms with Crippen LogP contribution in [0.4, 0.5) is 0 Å². The molecular formula is C17H14Cl2O4. The van der Waals surface area contributed by atoms with E-state index >= 15 is 0 Å². The molecule has 0 saturated heterocycles. The lowest BCUT2D eigenvalue weighted by Gasteiger charge is -2.21. The van der Waals surface area contributed by atoms with Crippen molar-refractivity contribution in [1.29, 1.82) is 0 Å². The number of benzene rings is 2. The summed E-state index contributed by atoms with van der Waals surface area (Å²) < 4.78 is 5.39. The second kappa shape index (κ2) is 6.60. The number of carboxylic acids is 1. The van der Waals surface area contributed by atoms with E-state index in [0.29, 0.717) is 26.9 Å². The maximum Gasteiger partial charge on any atom is 0.347 e. The average molecular weight is 353 g/mol. The molecule has 1 N–H and O–H groups in total. The molecule has 2 aromatic rings. The molecule has 2 rings (SSSR count). The van der Waals surface area contributed by atoms with Crippen molar-refractivity contribution >= 4 is 35.0 Å². The third-order valence-electron chi connectivity index (χ3n) is 3.19. The molecule has 120 valence electrons. The summed E-state index contributed by atoms with van der Waals surface area (Å²) in [6.45, 7) is 2.90. The molecule has 0 bridgehead atoms. The summed E-state index contributed by atoms with van der Waals surface area (Å²) in [5.74, 6) is -0.927. The largest absolute Gasteiger partial charge is 0.478 e. The quantitative estimate of drug-likeness (QED) is 0.806. The molecule has 0 aliphatic rings. The molecule has 4 nitrogen and oxygen atoms in total. The molecule has 0 heterocycles. The Bertz CT molecular complexity index is 752. The van der Waals surface area contributed by atoms with E-state index in [4.69, 9.17) is 33.0 Å². The van der Waals surface area contributed by atoms with Gasteiger partial charge >= 0.3 is 5.97 Å². The van der Waals surface area contributed by atoms with Gasteiger partial charge in [-0.25, -0.2) is 4.79 Å². The Labute approximate surface area is 143 Å². The van der Waals surface area contributed by atoms with E-state index in [2.05, 4.69) is 0 Å². The van der Waals surface area contributed by atoms with Crippen LogP contribution in [0.2, 0.25) is 10.0 Å². The van der Waals surface area contributed by atoms with Gasteiger partial charge in [-0.3, -0.25) is 4.79 Å². The molecule has 0 aliphatic heterocycles. The monoisotopic (exact) mass is 352 g/mol. The first-order valence-electron chi connectivity index (χ1n) is 6.73. The Morgan fingerprint density at radius 3 is 2.04 bits per heavy atom. The van der Waals surface area contributed by atoms with E-state index in [9.17, 15) is 9.59 Å². The number of carbonyl (C=O) groups is 2. The fourth-order valence-corrected chi connectivity index (χ4v) is 2.11. The van der Waals surface area contributed by atoms with Gasteiger partial charge in [0.25, 0.3) is 0 Å². The van der Waals surface area contributed by atoms with Crippen LogP contribution < -0.4 is 4.74 Å². The van der Waals surface area contributed by atoms with Crippen LogP contribution in [-0.2, 0) is 4.79 Å². The average Bonchev–Trinajstić information content (AvgIpc) is 2.49. The standard InChI is InChI=1S/C17H14Cl2O4/c1-17(2,16(21)22)23-12-6-3-10(4-7-12)15(20)11-5-8-13(18)14(19)9-11/h3-9H,1-2H3,(H,21,22). The number of halogens is 2. The van der Waals surface area contributed by atoms with Crippen molar-refractivity contribution in [3.8, 4) is 5.75 Å². The van der Waals surface area contributed by atoms with Gasteiger partial charge in [-0.1, -0.05) is 23.2 Å². The summed E-state index contributed by atoms with van der Waals surface area (Å²) in [7, 11) is 0. The smallest absolute Gasteiger partial charge is 0.347 e. The number of hydrogen-bond acceptors (Lipinski definition) is 3. The molecule has 0 radical (unpaired) electrons. The van der Waals surface area contributed by atoms with Gasteiger partial charge in [0, 0.05) is 11.1 Å². The maximum atomic E-state index is 12.4. The van der Waals surface area contributed by atoms with Gasteiger partial charge in [-0.15, -0.1) is 0 Å². The topological polar surface area (TPSA) is 63.6 Å². The fourth-order valence-electron chi connectivity index (χ4n) is 1.82. The third kappa shape index (κ3) is 4.03. The van der Waals surface area contributed by atoms with Gasteiger partial charge in [-0.2, -0.15) is 0 Å². The lowest BCUT2D eigenvalue weighted by atomic mass is 10.0. The van der Waals surface area contributed by atoms with Crippen molar-refractivity contribution in [2.45, 2.75) is 19.4 Å². The minimum absolute atomic E-state index is 0.215. The Morgan fingerprint density at radius 2 is 1.52 bits per heavy atom. The summed E-state index contributed by atoms with van der Waals surface area (Å²) in [5.41, 5.74) is -0.502. The lowest BCUT2D eigenvalue weighted by Crippen LogP contribution is -2.37. The molecule has 2 aromatic carbocycles. The maximum absolute atomic E-state index is 12.4. The predicted octanol–water partition coefficient (Wildman–Crippen LogP) is 4.47. The number of ether oxygens (including phenoxy) is 1.